The Morgan fingerprint density at radius 3 is 2.07 bits per heavy atom. The average Bonchev–Trinajstić information content (AvgIpc) is 2.89. The molecule has 0 aliphatic carbocycles. The van der Waals surface area contributed by atoms with Crippen molar-refractivity contribution in [1.29, 1.82) is 0 Å². The minimum Gasteiger partial charge on any atom is -0.508 e. The summed E-state index contributed by atoms with van der Waals surface area (Å²) in [6.07, 6.45) is 0.500. The van der Waals surface area contributed by atoms with E-state index in [2.05, 4.69) is 0 Å². The number of hydrogen-bond donors (Lipinski definition) is 2. The van der Waals surface area contributed by atoms with Gasteiger partial charge in [0.1, 0.15) is 5.75 Å². The lowest BCUT2D eigenvalue weighted by Crippen LogP contribution is -2.31. The minimum atomic E-state index is -0.342. The maximum Gasteiger partial charge on any atom is 0.261 e. The van der Waals surface area contributed by atoms with E-state index in [1.54, 1.807) is 42.5 Å². The summed E-state index contributed by atoms with van der Waals surface area (Å²) in [7, 11) is 1.45. The van der Waals surface area contributed by atoms with Gasteiger partial charge in [0.25, 0.3) is 11.8 Å². The van der Waals surface area contributed by atoms with Gasteiger partial charge in [-0.3, -0.25) is 14.5 Å². The van der Waals surface area contributed by atoms with Crippen LogP contribution in [-0.4, -0.2) is 40.6 Å². The molecule has 0 saturated heterocycles. The van der Waals surface area contributed by atoms with Crippen molar-refractivity contribution in [3.8, 4) is 17.2 Å². The number of hydrogen-bond acceptors (Lipinski definition) is 5. The number of rotatable bonds is 4. The summed E-state index contributed by atoms with van der Waals surface area (Å²) in [6, 6.07) is 13.1. The standard InChI is InChI=1S/C21H17NO5/c1-27-19-11-14-9-17-16(8-13(14)10-18(19)24)20(25)22(21(17)26)7-6-12-2-4-15(23)5-3-12/h2-5,8-11,23-24H,6-7H2,1H3. The average molecular weight is 363 g/mol. The number of amides is 2. The molecule has 3 aromatic carbocycles. The number of ether oxygens (including phenoxy) is 1. The molecule has 1 aliphatic heterocycles. The van der Waals surface area contributed by atoms with Crippen molar-refractivity contribution < 1.29 is 24.5 Å². The van der Waals surface area contributed by atoms with Gasteiger partial charge >= 0.3 is 0 Å². The summed E-state index contributed by atoms with van der Waals surface area (Å²) >= 11 is 0. The zero-order valence-electron chi connectivity index (χ0n) is 14.6. The zero-order chi connectivity index (χ0) is 19.1. The number of aromatic hydroxyl groups is 2. The quantitative estimate of drug-likeness (QED) is 0.696. The van der Waals surface area contributed by atoms with E-state index in [-0.39, 0.29) is 29.9 Å². The van der Waals surface area contributed by atoms with Crippen LogP contribution in [0.15, 0.2) is 48.5 Å². The molecule has 0 radical (unpaired) electrons. The lowest BCUT2D eigenvalue weighted by molar-refractivity contribution is 0.0656. The number of phenols is 2. The lowest BCUT2D eigenvalue weighted by atomic mass is 10.0. The molecular formula is C21H17NO5. The Labute approximate surface area is 155 Å². The summed E-state index contributed by atoms with van der Waals surface area (Å²) in [5.74, 6) is -0.215. The Morgan fingerprint density at radius 1 is 0.889 bits per heavy atom. The van der Waals surface area contributed by atoms with Gasteiger partial charge < -0.3 is 14.9 Å². The molecule has 0 unspecified atom stereocenters. The second-order valence-electron chi connectivity index (χ2n) is 6.45. The molecule has 0 spiro atoms. The zero-order valence-corrected chi connectivity index (χ0v) is 14.6. The van der Waals surface area contributed by atoms with E-state index >= 15 is 0 Å². The Kier molecular flexibility index (Phi) is 3.96. The molecule has 1 heterocycles. The predicted octanol–water partition coefficient (Wildman–Crippen LogP) is 3.10. The number of methoxy groups -OCH3 is 1. The van der Waals surface area contributed by atoms with Crippen LogP contribution >= 0.6 is 0 Å². The third-order valence-electron chi connectivity index (χ3n) is 4.79. The summed E-state index contributed by atoms with van der Waals surface area (Å²) in [5, 5.41) is 20.7. The van der Waals surface area contributed by atoms with Crippen molar-refractivity contribution in [2.24, 2.45) is 0 Å². The van der Waals surface area contributed by atoms with Gasteiger partial charge in [-0.2, -0.15) is 0 Å². The van der Waals surface area contributed by atoms with Crippen molar-refractivity contribution in [2.75, 3.05) is 13.7 Å². The van der Waals surface area contributed by atoms with Crippen LogP contribution in [0.4, 0.5) is 0 Å². The molecule has 0 atom stereocenters. The lowest BCUT2D eigenvalue weighted by Gasteiger charge is -2.13. The normalized spacial score (nSPS) is 13.3. The van der Waals surface area contributed by atoms with E-state index in [0.29, 0.717) is 34.1 Å². The maximum atomic E-state index is 12.7. The molecule has 6 nitrogen and oxygen atoms in total. The second kappa shape index (κ2) is 6.32. The minimum absolute atomic E-state index is 0.0223. The van der Waals surface area contributed by atoms with E-state index in [4.69, 9.17) is 4.74 Å². The van der Waals surface area contributed by atoms with Gasteiger partial charge in [0.2, 0.25) is 0 Å². The number of carbonyl (C=O) groups is 2. The summed E-state index contributed by atoms with van der Waals surface area (Å²) in [6.45, 7) is 0.252. The Balaban J connectivity index is 1.65. The fourth-order valence-electron chi connectivity index (χ4n) is 3.32. The van der Waals surface area contributed by atoms with Gasteiger partial charge in [0, 0.05) is 6.54 Å². The van der Waals surface area contributed by atoms with Crippen molar-refractivity contribution in [3.05, 3.63) is 65.2 Å². The first-order valence-corrected chi connectivity index (χ1v) is 8.47. The highest BCUT2D eigenvalue weighted by atomic mass is 16.5. The van der Waals surface area contributed by atoms with Gasteiger partial charge in [-0.15, -0.1) is 0 Å². The molecule has 2 amide bonds. The molecule has 0 bridgehead atoms. The van der Waals surface area contributed by atoms with Crippen molar-refractivity contribution in [2.45, 2.75) is 6.42 Å². The summed E-state index contributed by atoms with van der Waals surface area (Å²) in [5.41, 5.74) is 1.61. The molecule has 136 valence electrons. The Hall–Kier alpha value is -3.54. The van der Waals surface area contributed by atoms with Gasteiger partial charge in [-0.25, -0.2) is 0 Å². The van der Waals surface area contributed by atoms with Crippen LogP contribution in [0.3, 0.4) is 0 Å². The highest BCUT2D eigenvalue weighted by molar-refractivity contribution is 6.23. The van der Waals surface area contributed by atoms with Gasteiger partial charge in [-0.1, -0.05) is 12.1 Å². The van der Waals surface area contributed by atoms with Crippen LogP contribution in [0, 0.1) is 0 Å². The monoisotopic (exact) mass is 363 g/mol. The molecule has 3 aromatic rings. The molecule has 27 heavy (non-hydrogen) atoms. The predicted molar refractivity (Wildman–Crippen MR) is 99.3 cm³/mol. The van der Waals surface area contributed by atoms with E-state index in [9.17, 15) is 19.8 Å². The van der Waals surface area contributed by atoms with Crippen molar-refractivity contribution in [3.63, 3.8) is 0 Å². The third kappa shape index (κ3) is 2.85. The highest BCUT2D eigenvalue weighted by Crippen LogP contribution is 2.35. The first-order chi connectivity index (χ1) is 13.0. The summed E-state index contributed by atoms with van der Waals surface area (Å²) < 4.78 is 5.11. The number of benzene rings is 3. The Morgan fingerprint density at radius 2 is 1.48 bits per heavy atom. The Bertz CT molecular complexity index is 1070. The van der Waals surface area contributed by atoms with Crippen molar-refractivity contribution in [1.82, 2.24) is 4.90 Å². The summed E-state index contributed by atoms with van der Waals surface area (Å²) in [4.78, 5) is 26.7. The molecule has 0 saturated carbocycles. The van der Waals surface area contributed by atoms with E-state index in [1.807, 2.05) is 0 Å². The van der Waals surface area contributed by atoms with Crippen LogP contribution in [0.2, 0.25) is 0 Å². The van der Waals surface area contributed by atoms with E-state index in [1.165, 1.54) is 18.1 Å². The first-order valence-electron chi connectivity index (χ1n) is 8.47. The van der Waals surface area contributed by atoms with Crippen LogP contribution in [0.25, 0.3) is 10.8 Å². The first kappa shape index (κ1) is 16.9. The molecule has 4 rings (SSSR count). The topological polar surface area (TPSA) is 87.1 Å². The highest BCUT2D eigenvalue weighted by Gasteiger charge is 2.35. The fourth-order valence-corrected chi connectivity index (χ4v) is 3.32. The molecule has 0 fully saturated rings. The van der Waals surface area contributed by atoms with Crippen LogP contribution in [-0.2, 0) is 6.42 Å². The smallest absolute Gasteiger partial charge is 0.261 e. The van der Waals surface area contributed by atoms with Gasteiger partial charge in [0.05, 0.1) is 18.2 Å². The molecule has 0 aromatic heterocycles. The maximum absolute atomic E-state index is 12.7. The van der Waals surface area contributed by atoms with Crippen LogP contribution < -0.4 is 4.74 Å². The van der Waals surface area contributed by atoms with Crippen molar-refractivity contribution >= 4 is 22.6 Å². The molecule has 1 aliphatic rings. The number of nitrogens with zero attached hydrogens (tertiary/aromatic N) is 1. The van der Waals surface area contributed by atoms with Crippen LogP contribution in [0.5, 0.6) is 17.2 Å². The molecule has 2 N–H and O–H groups in total. The second-order valence-corrected chi connectivity index (χ2v) is 6.45. The van der Waals surface area contributed by atoms with Crippen LogP contribution in [0.1, 0.15) is 26.3 Å². The number of phenolic OH excluding ortho intramolecular Hbond substituents is 2. The number of imide groups is 1. The third-order valence-corrected chi connectivity index (χ3v) is 4.79. The SMILES string of the molecule is COc1cc2cc3c(cc2cc1O)C(=O)N(CCc1ccc(O)cc1)C3=O. The fraction of sp³-hybridized carbons (Fsp3) is 0.143. The van der Waals surface area contributed by atoms with E-state index in [0.717, 1.165) is 5.56 Å². The number of carbonyl (C=O) groups excluding carboxylic acids is 2. The molecule has 6 heteroatoms. The van der Waals surface area contributed by atoms with Gasteiger partial charge in [0.15, 0.2) is 11.5 Å². The largest absolute Gasteiger partial charge is 0.508 e. The number of fused-ring (bicyclic) bond motifs is 2. The molecular weight excluding hydrogens is 346 g/mol. The van der Waals surface area contributed by atoms with Gasteiger partial charge in [-0.05, 0) is 59.2 Å². The van der Waals surface area contributed by atoms with E-state index < -0.39 is 0 Å².